The van der Waals surface area contributed by atoms with Crippen LogP contribution in [0.4, 0.5) is 5.69 Å². The number of para-hydroxylation sites is 1. The van der Waals surface area contributed by atoms with Gasteiger partial charge in [0.1, 0.15) is 6.07 Å². The lowest BCUT2D eigenvalue weighted by Crippen LogP contribution is -2.27. The zero-order valence-electron chi connectivity index (χ0n) is 12.9. The third kappa shape index (κ3) is 3.58. The van der Waals surface area contributed by atoms with Gasteiger partial charge in [-0.05, 0) is 36.2 Å². The predicted octanol–water partition coefficient (Wildman–Crippen LogP) is 1.84. The van der Waals surface area contributed by atoms with Crippen LogP contribution in [0.3, 0.4) is 0 Å². The molecule has 1 fully saturated rings. The summed E-state index contributed by atoms with van der Waals surface area (Å²) >= 11 is 0. The lowest BCUT2D eigenvalue weighted by atomic mass is 10.2. The predicted molar refractivity (Wildman–Crippen MR) is 87.5 cm³/mol. The summed E-state index contributed by atoms with van der Waals surface area (Å²) in [5.41, 5.74) is 1.85. The molecule has 2 aromatic rings. The molecule has 1 aliphatic rings. The Hall–Kier alpha value is -3.20. The summed E-state index contributed by atoms with van der Waals surface area (Å²) in [6.07, 6.45) is 3.87. The number of aromatic nitrogens is 1. The first-order chi connectivity index (χ1) is 11.7. The van der Waals surface area contributed by atoms with Gasteiger partial charge in [0.15, 0.2) is 0 Å². The van der Waals surface area contributed by atoms with E-state index < -0.39 is 0 Å². The fourth-order valence-electron chi connectivity index (χ4n) is 2.51. The molecule has 0 bridgehead atoms. The van der Waals surface area contributed by atoms with Crippen molar-refractivity contribution in [2.75, 3.05) is 5.32 Å². The highest BCUT2D eigenvalue weighted by molar-refractivity contribution is 6.00. The van der Waals surface area contributed by atoms with Crippen molar-refractivity contribution in [1.82, 2.24) is 10.3 Å². The molecule has 2 amide bonds. The Labute approximate surface area is 139 Å². The van der Waals surface area contributed by atoms with Gasteiger partial charge in [-0.1, -0.05) is 12.1 Å². The minimum atomic E-state index is -0.339. The third-order valence-corrected chi connectivity index (χ3v) is 3.99. The van der Waals surface area contributed by atoms with Crippen molar-refractivity contribution in [2.24, 2.45) is 11.8 Å². The van der Waals surface area contributed by atoms with Crippen molar-refractivity contribution < 1.29 is 9.59 Å². The molecule has 0 saturated heterocycles. The quantitative estimate of drug-likeness (QED) is 0.879. The molecule has 0 radical (unpaired) electrons. The SMILES string of the molecule is N#Cc1ccccc1NC(=O)C1CC1C(=O)NCc1ccncc1. The number of hydrogen-bond donors (Lipinski definition) is 2. The van der Waals surface area contributed by atoms with E-state index in [0.29, 0.717) is 24.2 Å². The highest BCUT2D eigenvalue weighted by Gasteiger charge is 2.48. The first-order valence-corrected chi connectivity index (χ1v) is 7.65. The van der Waals surface area contributed by atoms with E-state index in [1.165, 1.54) is 0 Å². The molecule has 2 unspecified atom stereocenters. The van der Waals surface area contributed by atoms with Crippen molar-refractivity contribution in [1.29, 1.82) is 5.26 Å². The first kappa shape index (κ1) is 15.7. The van der Waals surface area contributed by atoms with E-state index in [1.807, 2.05) is 18.2 Å². The number of nitrogens with one attached hydrogen (secondary N) is 2. The second-order valence-corrected chi connectivity index (χ2v) is 5.67. The fourth-order valence-corrected chi connectivity index (χ4v) is 2.51. The van der Waals surface area contributed by atoms with E-state index in [4.69, 9.17) is 5.26 Å². The molecule has 1 aromatic carbocycles. The van der Waals surface area contributed by atoms with Crippen LogP contribution in [-0.4, -0.2) is 16.8 Å². The van der Waals surface area contributed by atoms with Crippen LogP contribution in [0, 0.1) is 23.2 Å². The molecular formula is C18H16N4O2. The standard InChI is InChI=1S/C18H16N4O2/c19-10-13-3-1-2-4-16(13)22-18(24)15-9-14(15)17(23)21-11-12-5-7-20-8-6-12/h1-8,14-15H,9,11H2,(H,21,23)(H,22,24). The van der Waals surface area contributed by atoms with Gasteiger partial charge in [-0.2, -0.15) is 5.26 Å². The Balaban J connectivity index is 1.52. The molecule has 1 aliphatic carbocycles. The summed E-state index contributed by atoms with van der Waals surface area (Å²) in [4.78, 5) is 28.3. The first-order valence-electron chi connectivity index (χ1n) is 7.65. The van der Waals surface area contributed by atoms with Gasteiger partial charge < -0.3 is 10.6 Å². The number of carbonyl (C=O) groups is 2. The highest BCUT2D eigenvalue weighted by Crippen LogP contribution is 2.39. The Morgan fingerprint density at radius 3 is 2.58 bits per heavy atom. The van der Waals surface area contributed by atoms with Crippen LogP contribution in [0.25, 0.3) is 0 Å². The number of benzene rings is 1. The highest BCUT2D eigenvalue weighted by atomic mass is 16.2. The van der Waals surface area contributed by atoms with Crippen LogP contribution >= 0.6 is 0 Å². The van der Waals surface area contributed by atoms with E-state index >= 15 is 0 Å². The summed E-state index contributed by atoms with van der Waals surface area (Å²) in [6, 6.07) is 12.5. The average Bonchev–Trinajstić information content (AvgIpc) is 3.42. The Morgan fingerprint density at radius 2 is 1.83 bits per heavy atom. The average molecular weight is 320 g/mol. The number of hydrogen-bond acceptors (Lipinski definition) is 4. The Morgan fingerprint density at radius 1 is 1.12 bits per heavy atom. The van der Waals surface area contributed by atoms with Crippen molar-refractivity contribution >= 4 is 17.5 Å². The van der Waals surface area contributed by atoms with Gasteiger partial charge in [0.25, 0.3) is 0 Å². The van der Waals surface area contributed by atoms with E-state index in [1.54, 1.807) is 36.7 Å². The van der Waals surface area contributed by atoms with E-state index in [0.717, 1.165) is 5.56 Å². The molecule has 6 heteroatoms. The van der Waals surface area contributed by atoms with Crippen LogP contribution in [0.1, 0.15) is 17.5 Å². The van der Waals surface area contributed by atoms with Crippen molar-refractivity contribution in [3.63, 3.8) is 0 Å². The second kappa shape index (κ2) is 6.92. The number of nitriles is 1. The summed E-state index contributed by atoms with van der Waals surface area (Å²) < 4.78 is 0. The van der Waals surface area contributed by atoms with E-state index in [2.05, 4.69) is 15.6 Å². The summed E-state index contributed by atoms with van der Waals surface area (Å²) in [5, 5.41) is 14.6. The lowest BCUT2D eigenvalue weighted by molar-refractivity contribution is -0.125. The molecule has 1 heterocycles. The van der Waals surface area contributed by atoms with Gasteiger partial charge in [-0.3, -0.25) is 14.6 Å². The van der Waals surface area contributed by atoms with Gasteiger partial charge in [-0.25, -0.2) is 0 Å². The Bertz CT molecular complexity index is 798. The maximum Gasteiger partial charge on any atom is 0.228 e. The maximum absolute atomic E-state index is 12.2. The molecule has 1 aromatic heterocycles. The molecule has 1 saturated carbocycles. The number of anilines is 1. The molecule has 3 rings (SSSR count). The number of amides is 2. The normalized spacial score (nSPS) is 18.3. The van der Waals surface area contributed by atoms with Crippen molar-refractivity contribution in [3.05, 3.63) is 59.9 Å². The van der Waals surface area contributed by atoms with E-state index in [-0.39, 0.29) is 23.7 Å². The van der Waals surface area contributed by atoms with Crippen LogP contribution in [-0.2, 0) is 16.1 Å². The molecule has 6 nitrogen and oxygen atoms in total. The molecule has 120 valence electrons. The number of rotatable bonds is 5. The topological polar surface area (TPSA) is 94.9 Å². The molecular weight excluding hydrogens is 304 g/mol. The van der Waals surface area contributed by atoms with Gasteiger partial charge in [0.05, 0.1) is 23.1 Å². The van der Waals surface area contributed by atoms with Gasteiger partial charge in [0, 0.05) is 18.9 Å². The molecule has 24 heavy (non-hydrogen) atoms. The zero-order chi connectivity index (χ0) is 16.9. The van der Waals surface area contributed by atoms with Crippen molar-refractivity contribution in [2.45, 2.75) is 13.0 Å². The summed E-state index contributed by atoms with van der Waals surface area (Å²) in [6.45, 7) is 0.420. The summed E-state index contributed by atoms with van der Waals surface area (Å²) in [5.74, 6) is -0.988. The number of carbonyl (C=O) groups excluding carboxylic acids is 2. The van der Waals surface area contributed by atoms with Gasteiger partial charge in [-0.15, -0.1) is 0 Å². The fraction of sp³-hybridized carbons (Fsp3) is 0.222. The van der Waals surface area contributed by atoms with Crippen LogP contribution in [0.5, 0.6) is 0 Å². The Kier molecular flexibility index (Phi) is 4.52. The summed E-state index contributed by atoms with van der Waals surface area (Å²) in [7, 11) is 0. The van der Waals surface area contributed by atoms with Crippen LogP contribution < -0.4 is 10.6 Å². The lowest BCUT2D eigenvalue weighted by Gasteiger charge is -2.07. The van der Waals surface area contributed by atoms with Crippen molar-refractivity contribution in [3.8, 4) is 6.07 Å². The number of nitrogens with zero attached hydrogens (tertiary/aromatic N) is 2. The zero-order valence-corrected chi connectivity index (χ0v) is 12.9. The largest absolute Gasteiger partial charge is 0.352 e. The third-order valence-electron chi connectivity index (χ3n) is 3.99. The van der Waals surface area contributed by atoms with E-state index in [9.17, 15) is 9.59 Å². The molecule has 0 spiro atoms. The molecule has 0 aliphatic heterocycles. The molecule has 2 N–H and O–H groups in total. The molecule has 2 atom stereocenters. The maximum atomic E-state index is 12.2. The minimum absolute atomic E-state index is 0.125. The second-order valence-electron chi connectivity index (χ2n) is 5.67. The van der Waals surface area contributed by atoms with Gasteiger partial charge >= 0.3 is 0 Å². The monoisotopic (exact) mass is 320 g/mol. The van der Waals surface area contributed by atoms with Crippen LogP contribution in [0.2, 0.25) is 0 Å². The number of pyridine rings is 1. The van der Waals surface area contributed by atoms with Gasteiger partial charge in [0.2, 0.25) is 11.8 Å². The smallest absolute Gasteiger partial charge is 0.228 e. The minimum Gasteiger partial charge on any atom is -0.352 e. The van der Waals surface area contributed by atoms with Crippen LogP contribution in [0.15, 0.2) is 48.8 Å².